The van der Waals surface area contributed by atoms with Gasteiger partial charge in [-0.1, -0.05) is 47.9 Å². The van der Waals surface area contributed by atoms with Gasteiger partial charge >= 0.3 is 0 Å². The van der Waals surface area contributed by atoms with Crippen molar-refractivity contribution in [2.45, 2.75) is 65.7 Å². The minimum absolute atomic E-state index is 0.274. The second-order valence-electron chi connectivity index (χ2n) is 9.74. The van der Waals surface area contributed by atoms with Crippen molar-refractivity contribution < 1.29 is 0 Å². The Labute approximate surface area is 159 Å². The first-order valence-electron chi connectivity index (χ1n) is 10.6. The third-order valence-corrected chi connectivity index (χ3v) is 8.40. The number of fused-ring (bicyclic) bond motifs is 4. The molecule has 0 saturated heterocycles. The minimum atomic E-state index is 0.274. The van der Waals surface area contributed by atoms with E-state index in [9.17, 15) is 0 Å². The fourth-order valence-corrected chi connectivity index (χ4v) is 7.10. The summed E-state index contributed by atoms with van der Waals surface area (Å²) in [4.78, 5) is 0. The van der Waals surface area contributed by atoms with Crippen molar-refractivity contribution in [1.82, 2.24) is 0 Å². The van der Waals surface area contributed by atoms with Crippen LogP contribution in [0.3, 0.4) is 0 Å². The van der Waals surface area contributed by atoms with Crippen LogP contribution in [0.15, 0.2) is 30.3 Å². The quantitative estimate of drug-likeness (QED) is 0.577. The van der Waals surface area contributed by atoms with E-state index < -0.39 is 0 Å². The van der Waals surface area contributed by atoms with E-state index in [0.29, 0.717) is 0 Å². The molecule has 0 spiro atoms. The summed E-state index contributed by atoms with van der Waals surface area (Å²) in [5.74, 6) is 3.91. The highest BCUT2D eigenvalue weighted by Crippen LogP contribution is 2.74. The van der Waals surface area contributed by atoms with E-state index in [0.717, 1.165) is 23.7 Å². The Morgan fingerprint density at radius 2 is 1.27 bits per heavy atom. The van der Waals surface area contributed by atoms with Crippen molar-refractivity contribution in [3.8, 4) is 0 Å². The molecule has 3 saturated carbocycles. The Kier molecular flexibility index (Phi) is 3.49. The van der Waals surface area contributed by atoms with Crippen molar-refractivity contribution >= 4 is 0 Å². The van der Waals surface area contributed by atoms with Gasteiger partial charge in [0, 0.05) is 5.41 Å². The molecule has 0 aromatic heterocycles. The molecule has 5 rings (SSSR count). The number of hydrogen-bond acceptors (Lipinski definition) is 0. The molecule has 5 unspecified atom stereocenters. The van der Waals surface area contributed by atoms with Crippen molar-refractivity contribution in [2.75, 3.05) is 0 Å². The van der Waals surface area contributed by atoms with E-state index in [4.69, 9.17) is 0 Å². The number of aryl methyl sites for hydroxylation is 4. The van der Waals surface area contributed by atoms with E-state index in [1.54, 1.807) is 11.1 Å². The van der Waals surface area contributed by atoms with Crippen LogP contribution in [0.4, 0.5) is 0 Å². The standard InChI is InChI=1S/C26H32/c1-15-9-16(2)11-20(10-15)26(21-12-17(3)19(5)18(4)13-21)14-24-22-7-6-8-23(22)25(24)26/h9-13,22-25H,6-8,14H2,1-5H3. The molecule has 0 N–H and O–H groups in total. The second-order valence-corrected chi connectivity index (χ2v) is 9.74. The average Bonchev–Trinajstić information content (AvgIpc) is 2.95. The zero-order valence-corrected chi connectivity index (χ0v) is 17.0. The molecule has 26 heavy (non-hydrogen) atoms. The highest BCUT2D eigenvalue weighted by atomic mass is 14.7. The van der Waals surface area contributed by atoms with Crippen LogP contribution in [0.25, 0.3) is 0 Å². The highest BCUT2D eigenvalue weighted by molar-refractivity contribution is 5.52. The summed E-state index contributed by atoms with van der Waals surface area (Å²) in [6.45, 7) is 11.4. The zero-order chi connectivity index (χ0) is 18.2. The Morgan fingerprint density at radius 3 is 1.92 bits per heavy atom. The Hall–Kier alpha value is -1.56. The average molecular weight is 345 g/mol. The molecule has 0 aliphatic heterocycles. The smallest absolute Gasteiger partial charge is 0.0239 e. The summed E-state index contributed by atoms with van der Waals surface area (Å²) in [5.41, 5.74) is 10.7. The van der Waals surface area contributed by atoms with Gasteiger partial charge in [0.1, 0.15) is 0 Å². The third-order valence-electron chi connectivity index (χ3n) is 8.40. The summed E-state index contributed by atoms with van der Waals surface area (Å²) in [6, 6.07) is 12.4. The third kappa shape index (κ3) is 2.02. The van der Waals surface area contributed by atoms with Crippen LogP contribution in [0.2, 0.25) is 0 Å². The van der Waals surface area contributed by atoms with Gasteiger partial charge in [-0.05, 0) is 105 Å². The number of benzene rings is 2. The normalized spacial score (nSPS) is 34.7. The van der Waals surface area contributed by atoms with Gasteiger partial charge in [0.2, 0.25) is 0 Å². The topological polar surface area (TPSA) is 0 Å². The summed E-state index contributed by atoms with van der Waals surface area (Å²) in [7, 11) is 0. The monoisotopic (exact) mass is 344 g/mol. The first-order valence-corrected chi connectivity index (χ1v) is 10.6. The van der Waals surface area contributed by atoms with Gasteiger partial charge in [-0.2, -0.15) is 0 Å². The van der Waals surface area contributed by atoms with Crippen LogP contribution in [0.5, 0.6) is 0 Å². The molecular weight excluding hydrogens is 312 g/mol. The first-order chi connectivity index (χ1) is 12.4. The van der Waals surface area contributed by atoms with Crippen LogP contribution < -0.4 is 0 Å². The minimum Gasteiger partial charge on any atom is -0.0564 e. The Morgan fingerprint density at radius 1 is 0.692 bits per heavy atom. The van der Waals surface area contributed by atoms with Gasteiger partial charge in [0.15, 0.2) is 0 Å². The molecule has 0 radical (unpaired) electrons. The first kappa shape index (κ1) is 16.6. The Bertz CT molecular complexity index is 846. The maximum absolute atomic E-state index is 2.53. The van der Waals surface area contributed by atoms with E-state index in [2.05, 4.69) is 65.0 Å². The van der Waals surface area contributed by atoms with Crippen molar-refractivity contribution in [2.24, 2.45) is 23.7 Å². The molecule has 0 amide bonds. The van der Waals surface area contributed by atoms with E-state index in [1.807, 2.05) is 0 Å². The summed E-state index contributed by atoms with van der Waals surface area (Å²) in [5, 5.41) is 0. The highest BCUT2D eigenvalue weighted by Gasteiger charge is 2.69. The number of rotatable bonds is 2. The van der Waals surface area contributed by atoms with Crippen LogP contribution in [0.1, 0.15) is 64.6 Å². The molecule has 3 aliphatic rings. The van der Waals surface area contributed by atoms with E-state index >= 15 is 0 Å². The fourth-order valence-electron chi connectivity index (χ4n) is 7.10. The SMILES string of the molecule is Cc1cc(C)cc(C2(c3cc(C)c(C)c(C)c3)CC3C4CCCC4C32)c1. The summed E-state index contributed by atoms with van der Waals surface area (Å²) < 4.78 is 0. The fraction of sp³-hybridized carbons (Fsp3) is 0.538. The molecule has 0 heteroatoms. The lowest BCUT2D eigenvalue weighted by atomic mass is 9.34. The lowest BCUT2D eigenvalue weighted by Gasteiger charge is -2.69. The second kappa shape index (κ2) is 5.47. The van der Waals surface area contributed by atoms with Crippen LogP contribution in [-0.4, -0.2) is 0 Å². The lowest BCUT2D eigenvalue weighted by molar-refractivity contribution is -0.141. The predicted molar refractivity (Wildman–Crippen MR) is 110 cm³/mol. The van der Waals surface area contributed by atoms with E-state index in [-0.39, 0.29) is 5.41 Å². The summed E-state index contributed by atoms with van der Waals surface area (Å²) >= 11 is 0. The molecule has 0 bridgehead atoms. The molecule has 5 atom stereocenters. The molecular formula is C26H32. The van der Waals surface area contributed by atoms with Gasteiger partial charge in [-0.15, -0.1) is 0 Å². The maximum atomic E-state index is 2.53. The van der Waals surface area contributed by atoms with Crippen molar-refractivity contribution in [1.29, 1.82) is 0 Å². The number of hydrogen-bond donors (Lipinski definition) is 0. The molecule has 2 aromatic carbocycles. The van der Waals surface area contributed by atoms with Gasteiger partial charge in [-0.25, -0.2) is 0 Å². The lowest BCUT2D eigenvalue weighted by Crippen LogP contribution is -2.65. The summed E-state index contributed by atoms with van der Waals surface area (Å²) in [6.07, 6.45) is 5.82. The van der Waals surface area contributed by atoms with Gasteiger partial charge in [-0.3, -0.25) is 0 Å². The van der Waals surface area contributed by atoms with E-state index in [1.165, 1.54) is 53.5 Å². The Balaban J connectivity index is 1.70. The predicted octanol–water partition coefficient (Wildman–Crippen LogP) is 6.58. The molecule has 0 nitrogen and oxygen atoms in total. The molecule has 0 heterocycles. The largest absolute Gasteiger partial charge is 0.0564 e. The molecule has 3 fully saturated rings. The molecule has 3 aliphatic carbocycles. The van der Waals surface area contributed by atoms with Gasteiger partial charge in [0.25, 0.3) is 0 Å². The maximum Gasteiger partial charge on any atom is 0.0239 e. The van der Waals surface area contributed by atoms with Gasteiger partial charge < -0.3 is 0 Å². The van der Waals surface area contributed by atoms with Crippen LogP contribution in [-0.2, 0) is 5.41 Å². The molecule has 136 valence electrons. The van der Waals surface area contributed by atoms with Crippen molar-refractivity contribution in [3.05, 3.63) is 69.3 Å². The van der Waals surface area contributed by atoms with Crippen LogP contribution in [0, 0.1) is 58.3 Å². The van der Waals surface area contributed by atoms with Crippen LogP contribution >= 0.6 is 0 Å². The van der Waals surface area contributed by atoms with Crippen molar-refractivity contribution in [3.63, 3.8) is 0 Å². The van der Waals surface area contributed by atoms with Gasteiger partial charge in [0.05, 0.1) is 0 Å². The molecule has 2 aromatic rings. The zero-order valence-electron chi connectivity index (χ0n) is 17.0.